The fourth-order valence-electron chi connectivity index (χ4n) is 3.75. The average Bonchev–Trinajstić information content (AvgIpc) is 2.88. The van der Waals surface area contributed by atoms with Crippen molar-refractivity contribution in [2.24, 2.45) is 7.05 Å². The predicted molar refractivity (Wildman–Crippen MR) is 100 cm³/mol. The van der Waals surface area contributed by atoms with Gasteiger partial charge in [-0.25, -0.2) is 0 Å². The molecule has 1 amide bonds. The summed E-state index contributed by atoms with van der Waals surface area (Å²) in [5, 5.41) is 4.52. The fourth-order valence-corrected chi connectivity index (χ4v) is 4.15. The van der Waals surface area contributed by atoms with E-state index in [0.717, 1.165) is 23.7 Å². The third-order valence-corrected chi connectivity index (χ3v) is 5.44. The molecule has 1 heterocycles. The number of aryl methyl sites for hydroxylation is 1. The van der Waals surface area contributed by atoms with E-state index in [1.807, 2.05) is 24.3 Å². The van der Waals surface area contributed by atoms with Crippen molar-refractivity contribution in [3.8, 4) is 0 Å². The molecule has 1 aliphatic rings. The van der Waals surface area contributed by atoms with Crippen molar-refractivity contribution in [2.75, 3.05) is 0 Å². The van der Waals surface area contributed by atoms with Gasteiger partial charge < -0.3 is 9.88 Å². The number of halogens is 1. The molecule has 0 radical (unpaired) electrons. The minimum absolute atomic E-state index is 0.00462. The van der Waals surface area contributed by atoms with Gasteiger partial charge in [-0.2, -0.15) is 0 Å². The largest absolute Gasteiger partial charge is 0.349 e. The van der Waals surface area contributed by atoms with Crippen molar-refractivity contribution in [1.29, 1.82) is 0 Å². The van der Waals surface area contributed by atoms with Crippen LogP contribution in [0.3, 0.4) is 0 Å². The normalized spacial score (nSPS) is 16.8. The lowest BCUT2D eigenvalue weighted by atomic mass is 9.91. The maximum atomic E-state index is 12.5. The van der Waals surface area contributed by atoms with Gasteiger partial charge in [0.25, 0.3) is 5.91 Å². The molecule has 0 bridgehead atoms. The van der Waals surface area contributed by atoms with Gasteiger partial charge in [0.1, 0.15) is 0 Å². The van der Waals surface area contributed by atoms with Gasteiger partial charge in [-0.3, -0.25) is 4.79 Å². The van der Waals surface area contributed by atoms with Gasteiger partial charge in [-0.15, -0.1) is 0 Å². The van der Waals surface area contributed by atoms with E-state index in [1.165, 1.54) is 22.2 Å². The Balaban J connectivity index is 1.58. The average molecular weight is 383 g/mol. The van der Waals surface area contributed by atoms with Crippen LogP contribution in [0.25, 0.3) is 10.9 Å². The van der Waals surface area contributed by atoms with E-state index in [2.05, 4.69) is 57.1 Å². The number of hydrogen-bond acceptors (Lipinski definition) is 1. The topological polar surface area (TPSA) is 34.0 Å². The first-order chi connectivity index (χ1) is 11.6. The van der Waals surface area contributed by atoms with Crippen LogP contribution in [0.15, 0.2) is 53.0 Å². The summed E-state index contributed by atoms with van der Waals surface area (Å²) in [4.78, 5) is 12.5. The van der Waals surface area contributed by atoms with Crippen LogP contribution in [0, 0.1) is 0 Å². The molecular weight excluding hydrogens is 364 g/mol. The zero-order valence-corrected chi connectivity index (χ0v) is 15.1. The lowest BCUT2D eigenvalue weighted by molar-refractivity contribution is 0.0933. The highest BCUT2D eigenvalue weighted by atomic mass is 79.9. The Bertz CT molecular complexity index is 929. The molecular formula is C20H19BrN2O. The summed E-state index contributed by atoms with van der Waals surface area (Å²) in [6.45, 7) is 0. The summed E-state index contributed by atoms with van der Waals surface area (Å²) in [6, 6.07) is 16.3. The minimum atomic E-state index is 0.00462. The number of benzene rings is 2. The van der Waals surface area contributed by atoms with Gasteiger partial charge in [0, 0.05) is 39.7 Å². The number of para-hydroxylation sites is 1. The van der Waals surface area contributed by atoms with Crippen LogP contribution >= 0.6 is 15.9 Å². The number of amides is 1. The molecule has 24 heavy (non-hydrogen) atoms. The molecule has 1 N–H and O–H groups in total. The van der Waals surface area contributed by atoms with E-state index in [9.17, 15) is 4.79 Å². The monoisotopic (exact) mass is 382 g/mol. The highest BCUT2D eigenvalue weighted by Gasteiger charge is 2.25. The zero-order chi connectivity index (χ0) is 16.7. The van der Waals surface area contributed by atoms with Crippen LogP contribution in [0.1, 0.15) is 28.0 Å². The molecule has 2 aromatic carbocycles. The quantitative estimate of drug-likeness (QED) is 0.706. The summed E-state index contributed by atoms with van der Waals surface area (Å²) in [5.74, 6) is 0.00462. The third-order valence-electron chi connectivity index (χ3n) is 4.95. The van der Waals surface area contributed by atoms with E-state index in [1.54, 1.807) is 0 Å². The van der Waals surface area contributed by atoms with Crippen LogP contribution in [0.2, 0.25) is 0 Å². The Morgan fingerprint density at radius 2 is 2.04 bits per heavy atom. The maximum Gasteiger partial charge on any atom is 0.251 e. The number of carbonyl (C=O) groups is 1. The Labute approximate surface area is 149 Å². The molecule has 0 fully saturated rings. The SMILES string of the molecule is Cn1c2c(c3ccccc31)CC(NC(=O)c1cccc(Br)c1)CC2. The van der Waals surface area contributed by atoms with Crippen LogP contribution < -0.4 is 5.32 Å². The van der Waals surface area contributed by atoms with Crippen LogP contribution in [0.4, 0.5) is 0 Å². The number of nitrogens with one attached hydrogen (secondary N) is 1. The second kappa shape index (κ2) is 6.10. The summed E-state index contributed by atoms with van der Waals surface area (Å²) in [6.07, 6.45) is 2.89. The van der Waals surface area contributed by atoms with Gasteiger partial charge >= 0.3 is 0 Å². The van der Waals surface area contributed by atoms with Crippen LogP contribution in [0.5, 0.6) is 0 Å². The third kappa shape index (κ3) is 2.65. The van der Waals surface area contributed by atoms with Gasteiger partial charge in [-0.1, -0.05) is 40.2 Å². The van der Waals surface area contributed by atoms with Gasteiger partial charge in [-0.05, 0) is 49.1 Å². The molecule has 0 spiro atoms. The van der Waals surface area contributed by atoms with E-state index in [4.69, 9.17) is 0 Å². The lowest BCUT2D eigenvalue weighted by Gasteiger charge is -2.24. The first-order valence-electron chi connectivity index (χ1n) is 8.25. The standard InChI is InChI=1S/C20H19BrN2O/c1-23-18-8-3-2-7-16(18)17-12-15(9-10-19(17)23)22-20(24)13-5-4-6-14(21)11-13/h2-8,11,15H,9-10,12H2,1H3,(H,22,24). The van der Waals surface area contributed by atoms with Gasteiger partial charge in [0.15, 0.2) is 0 Å². The summed E-state index contributed by atoms with van der Waals surface area (Å²) < 4.78 is 3.23. The van der Waals surface area contributed by atoms with E-state index < -0.39 is 0 Å². The molecule has 0 saturated carbocycles. The minimum Gasteiger partial charge on any atom is -0.349 e. The molecule has 0 saturated heterocycles. The van der Waals surface area contributed by atoms with Gasteiger partial charge in [0.2, 0.25) is 0 Å². The molecule has 1 aliphatic carbocycles. The molecule has 1 unspecified atom stereocenters. The number of fused-ring (bicyclic) bond motifs is 3. The second-order valence-electron chi connectivity index (χ2n) is 6.42. The molecule has 4 heteroatoms. The van der Waals surface area contributed by atoms with E-state index in [0.29, 0.717) is 5.56 Å². The van der Waals surface area contributed by atoms with Crippen molar-refractivity contribution in [3.63, 3.8) is 0 Å². The molecule has 1 aromatic heterocycles. The Kier molecular flexibility index (Phi) is 3.93. The molecule has 4 rings (SSSR count). The number of carbonyl (C=O) groups excluding carboxylic acids is 1. The fraction of sp³-hybridized carbons (Fsp3) is 0.250. The highest BCUT2D eigenvalue weighted by molar-refractivity contribution is 9.10. The summed E-state index contributed by atoms with van der Waals surface area (Å²) in [7, 11) is 2.14. The smallest absolute Gasteiger partial charge is 0.251 e. The molecule has 122 valence electrons. The first-order valence-corrected chi connectivity index (χ1v) is 9.04. The van der Waals surface area contributed by atoms with Gasteiger partial charge in [0.05, 0.1) is 0 Å². The predicted octanol–water partition coefficient (Wildman–Crippen LogP) is 4.23. The van der Waals surface area contributed by atoms with Crippen LogP contribution in [-0.2, 0) is 19.9 Å². The Hall–Kier alpha value is -2.07. The number of nitrogens with zero attached hydrogens (tertiary/aromatic N) is 1. The van der Waals surface area contributed by atoms with Crippen LogP contribution in [-0.4, -0.2) is 16.5 Å². The van der Waals surface area contributed by atoms with Crippen molar-refractivity contribution < 1.29 is 4.79 Å². The molecule has 3 nitrogen and oxygen atoms in total. The Morgan fingerprint density at radius 1 is 1.21 bits per heavy atom. The highest BCUT2D eigenvalue weighted by Crippen LogP contribution is 2.31. The summed E-state index contributed by atoms with van der Waals surface area (Å²) in [5.41, 5.74) is 4.78. The molecule has 1 atom stereocenters. The second-order valence-corrected chi connectivity index (χ2v) is 7.34. The lowest BCUT2D eigenvalue weighted by Crippen LogP contribution is -2.39. The van der Waals surface area contributed by atoms with Crippen molar-refractivity contribution in [1.82, 2.24) is 9.88 Å². The zero-order valence-electron chi connectivity index (χ0n) is 13.6. The maximum absolute atomic E-state index is 12.5. The van der Waals surface area contributed by atoms with Crippen molar-refractivity contribution in [2.45, 2.75) is 25.3 Å². The van der Waals surface area contributed by atoms with Crippen molar-refractivity contribution in [3.05, 3.63) is 69.8 Å². The van der Waals surface area contributed by atoms with E-state index >= 15 is 0 Å². The number of hydrogen-bond donors (Lipinski definition) is 1. The molecule has 3 aromatic rings. The number of rotatable bonds is 2. The summed E-state index contributed by atoms with van der Waals surface area (Å²) >= 11 is 3.42. The van der Waals surface area contributed by atoms with Crippen molar-refractivity contribution >= 4 is 32.7 Å². The molecule has 0 aliphatic heterocycles. The Morgan fingerprint density at radius 3 is 2.88 bits per heavy atom. The van der Waals surface area contributed by atoms with E-state index in [-0.39, 0.29) is 11.9 Å². The number of aromatic nitrogens is 1. The first kappa shape index (κ1) is 15.5.